The van der Waals surface area contributed by atoms with Crippen molar-refractivity contribution in [1.82, 2.24) is 9.62 Å². The Bertz CT molecular complexity index is 316. The van der Waals surface area contributed by atoms with E-state index in [1.54, 1.807) is 4.31 Å². The van der Waals surface area contributed by atoms with E-state index in [0.717, 1.165) is 32.2 Å². The molecule has 0 bridgehead atoms. The van der Waals surface area contributed by atoms with Gasteiger partial charge in [-0.1, -0.05) is 13.8 Å². The van der Waals surface area contributed by atoms with Crippen molar-refractivity contribution in [2.24, 2.45) is 5.92 Å². The summed E-state index contributed by atoms with van der Waals surface area (Å²) in [5.41, 5.74) is 0. The summed E-state index contributed by atoms with van der Waals surface area (Å²) >= 11 is 0. The molecule has 0 spiro atoms. The molecule has 0 aromatic rings. The van der Waals surface area contributed by atoms with Crippen LogP contribution in [0, 0.1) is 5.92 Å². The molecule has 102 valence electrons. The molecule has 0 saturated carbocycles. The van der Waals surface area contributed by atoms with Gasteiger partial charge < -0.3 is 5.32 Å². The maximum atomic E-state index is 11.5. The lowest BCUT2D eigenvalue weighted by Gasteiger charge is -2.33. The molecule has 4 nitrogen and oxygen atoms in total. The number of piperidine rings is 1. The van der Waals surface area contributed by atoms with Gasteiger partial charge >= 0.3 is 0 Å². The molecule has 17 heavy (non-hydrogen) atoms. The first kappa shape index (κ1) is 14.9. The predicted octanol–water partition coefficient (Wildman–Crippen LogP) is 1.44. The van der Waals surface area contributed by atoms with Crippen molar-refractivity contribution in [2.75, 3.05) is 25.9 Å². The second-order valence-corrected chi connectivity index (χ2v) is 7.01. The summed E-state index contributed by atoms with van der Waals surface area (Å²) in [6.45, 7) is 6.70. The van der Waals surface area contributed by atoms with Gasteiger partial charge in [0.2, 0.25) is 10.0 Å². The second kappa shape index (κ2) is 6.71. The normalized spacial score (nSPS) is 24.8. The zero-order valence-electron chi connectivity index (χ0n) is 11.3. The van der Waals surface area contributed by atoms with Crippen molar-refractivity contribution >= 4 is 10.0 Å². The fourth-order valence-corrected chi connectivity index (χ4v) is 3.55. The molecule has 1 heterocycles. The van der Waals surface area contributed by atoms with Crippen LogP contribution in [-0.2, 0) is 10.0 Å². The highest BCUT2D eigenvalue weighted by molar-refractivity contribution is 7.88. The van der Waals surface area contributed by atoms with Crippen molar-refractivity contribution in [1.29, 1.82) is 0 Å². The predicted molar refractivity (Wildman–Crippen MR) is 71.5 cm³/mol. The maximum Gasteiger partial charge on any atom is 0.211 e. The van der Waals surface area contributed by atoms with E-state index in [0.29, 0.717) is 25.0 Å². The maximum absolute atomic E-state index is 11.5. The van der Waals surface area contributed by atoms with Crippen LogP contribution in [0.15, 0.2) is 0 Å². The molecule has 0 aromatic heterocycles. The molecule has 1 saturated heterocycles. The van der Waals surface area contributed by atoms with E-state index in [1.165, 1.54) is 6.26 Å². The van der Waals surface area contributed by atoms with Crippen molar-refractivity contribution in [3.63, 3.8) is 0 Å². The highest BCUT2D eigenvalue weighted by atomic mass is 32.2. The fourth-order valence-electron chi connectivity index (χ4n) is 2.61. The first-order valence-corrected chi connectivity index (χ1v) is 8.50. The third-order valence-electron chi connectivity index (χ3n) is 3.55. The van der Waals surface area contributed by atoms with Gasteiger partial charge in [0.25, 0.3) is 0 Å². The van der Waals surface area contributed by atoms with Gasteiger partial charge in [-0.25, -0.2) is 12.7 Å². The van der Waals surface area contributed by atoms with E-state index >= 15 is 0 Å². The third kappa shape index (κ3) is 4.94. The quantitative estimate of drug-likeness (QED) is 0.788. The Labute approximate surface area is 106 Å². The summed E-state index contributed by atoms with van der Waals surface area (Å²) in [4.78, 5) is 0. The van der Waals surface area contributed by atoms with Crippen molar-refractivity contribution in [3.8, 4) is 0 Å². The van der Waals surface area contributed by atoms with Gasteiger partial charge in [0.05, 0.1) is 6.26 Å². The highest BCUT2D eigenvalue weighted by Crippen LogP contribution is 2.23. The van der Waals surface area contributed by atoms with Crippen molar-refractivity contribution in [3.05, 3.63) is 0 Å². The molecule has 0 amide bonds. The first-order valence-electron chi connectivity index (χ1n) is 6.65. The van der Waals surface area contributed by atoms with E-state index in [4.69, 9.17) is 0 Å². The van der Waals surface area contributed by atoms with Crippen LogP contribution >= 0.6 is 0 Å². The van der Waals surface area contributed by atoms with Crippen LogP contribution in [0.25, 0.3) is 0 Å². The van der Waals surface area contributed by atoms with E-state index in [1.807, 2.05) is 0 Å². The largest absolute Gasteiger partial charge is 0.314 e. The number of sulfonamides is 1. The molecule has 2 unspecified atom stereocenters. The van der Waals surface area contributed by atoms with Crippen LogP contribution < -0.4 is 5.32 Å². The summed E-state index contributed by atoms with van der Waals surface area (Å²) in [5, 5.41) is 3.47. The lowest BCUT2D eigenvalue weighted by molar-refractivity contribution is 0.236. The standard InChI is InChI=1S/C12H26N2O2S/c1-4-12(13-5-2)9-11-7-6-8-14(10-11)17(3,15)16/h11-13H,4-10H2,1-3H3. The molecule has 1 N–H and O–H groups in total. The van der Waals surface area contributed by atoms with E-state index in [2.05, 4.69) is 19.2 Å². The molecule has 0 aliphatic carbocycles. The number of nitrogens with one attached hydrogen (secondary N) is 1. The average molecular weight is 262 g/mol. The van der Waals surface area contributed by atoms with Gasteiger partial charge in [0, 0.05) is 19.1 Å². The van der Waals surface area contributed by atoms with Crippen molar-refractivity contribution in [2.45, 2.75) is 45.6 Å². The topological polar surface area (TPSA) is 49.4 Å². The Balaban J connectivity index is 2.49. The summed E-state index contributed by atoms with van der Waals surface area (Å²) in [6.07, 6.45) is 5.69. The Morgan fingerprint density at radius 2 is 2.12 bits per heavy atom. The van der Waals surface area contributed by atoms with Crippen LogP contribution in [0.4, 0.5) is 0 Å². The van der Waals surface area contributed by atoms with Gasteiger partial charge in [-0.2, -0.15) is 0 Å². The molecule has 2 atom stereocenters. The molecular formula is C12H26N2O2S. The van der Waals surface area contributed by atoms with Gasteiger partial charge in [-0.05, 0) is 38.1 Å². The summed E-state index contributed by atoms with van der Waals surface area (Å²) in [7, 11) is -3.00. The average Bonchev–Trinajstić information content (AvgIpc) is 2.28. The highest BCUT2D eigenvalue weighted by Gasteiger charge is 2.26. The number of hydrogen-bond acceptors (Lipinski definition) is 3. The number of rotatable bonds is 6. The van der Waals surface area contributed by atoms with Gasteiger partial charge in [-0.3, -0.25) is 0 Å². The van der Waals surface area contributed by atoms with Crippen LogP contribution in [0.5, 0.6) is 0 Å². The number of hydrogen-bond donors (Lipinski definition) is 1. The summed E-state index contributed by atoms with van der Waals surface area (Å²) in [5.74, 6) is 0.516. The Morgan fingerprint density at radius 3 is 2.65 bits per heavy atom. The minimum Gasteiger partial charge on any atom is -0.314 e. The summed E-state index contributed by atoms with van der Waals surface area (Å²) < 4.78 is 24.7. The molecule has 1 aliphatic rings. The van der Waals surface area contributed by atoms with Gasteiger partial charge in [0.15, 0.2) is 0 Å². The minimum atomic E-state index is -3.00. The Hall–Kier alpha value is -0.130. The summed E-state index contributed by atoms with van der Waals surface area (Å²) in [6, 6.07) is 0.532. The lowest BCUT2D eigenvalue weighted by atomic mass is 9.91. The minimum absolute atomic E-state index is 0.516. The van der Waals surface area contributed by atoms with Crippen molar-refractivity contribution < 1.29 is 8.42 Å². The zero-order chi connectivity index (χ0) is 12.9. The van der Waals surface area contributed by atoms with E-state index < -0.39 is 10.0 Å². The monoisotopic (exact) mass is 262 g/mol. The lowest BCUT2D eigenvalue weighted by Crippen LogP contribution is -2.41. The van der Waals surface area contributed by atoms with Gasteiger partial charge in [0.1, 0.15) is 0 Å². The molecule has 0 radical (unpaired) electrons. The van der Waals surface area contributed by atoms with Gasteiger partial charge in [-0.15, -0.1) is 0 Å². The Kier molecular flexibility index (Phi) is 5.89. The molecule has 0 aromatic carbocycles. The molecule has 1 aliphatic heterocycles. The Morgan fingerprint density at radius 1 is 1.41 bits per heavy atom. The zero-order valence-corrected chi connectivity index (χ0v) is 12.1. The molecular weight excluding hydrogens is 236 g/mol. The van der Waals surface area contributed by atoms with E-state index in [9.17, 15) is 8.42 Å². The third-order valence-corrected chi connectivity index (χ3v) is 4.82. The molecule has 1 fully saturated rings. The SMILES string of the molecule is CCNC(CC)CC1CCCN(S(C)(=O)=O)C1. The van der Waals surface area contributed by atoms with Crippen LogP contribution in [-0.4, -0.2) is 44.7 Å². The van der Waals surface area contributed by atoms with Crippen LogP contribution in [0.3, 0.4) is 0 Å². The molecule has 5 heteroatoms. The fraction of sp³-hybridized carbons (Fsp3) is 1.00. The smallest absolute Gasteiger partial charge is 0.211 e. The van der Waals surface area contributed by atoms with Crippen LogP contribution in [0.1, 0.15) is 39.5 Å². The number of nitrogens with zero attached hydrogens (tertiary/aromatic N) is 1. The van der Waals surface area contributed by atoms with E-state index in [-0.39, 0.29) is 0 Å². The first-order chi connectivity index (χ1) is 7.97. The molecule has 1 rings (SSSR count). The van der Waals surface area contributed by atoms with Crippen LogP contribution in [0.2, 0.25) is 0 Å². The second-order valence-electron chi connectivity index (χ2n) is 5.03.